The van der Waals surface area contributed by atoms with Crippen LogP contribution in [0, 0.1) is 0 Å². The van der Waals surface area contributed by atoms with Crippen LogP contribution in [0.25, 0.3) is 66.4 Å². The van der Waals surface area contributed by atoms with E-state index in [-0.39, 0.29) is 5.41 Å². The van der Waals surface area contributed by atoms with Crippen molar-refractivity contribution in [1.82, 2.24) is 0 Å². The number of fused-ring (bicyclic) bond motifs is 7. The van der Waals surface area contributed by atoms with E-state index in [2.05, 4.69) is 280 Å². The molecule has 0 atom stereocenters. The van der Waals surface area contributed by atoms with Crippen LogP contribution in [0.4, 0.5) is 17.1 Å². The maximum atomic E-state index is 2.47. The average molecular weight is 880 g/mol. The lowest BCUT2D eigenvalue weighted by Crippen LogP contribution is -2.28. The molecule has 0 saturated heterocycles. The largest absolute Gasteiger partial charge is 0.310 e. The van der Waals surface area contributed by atoms with Gasteiger partial charge in [0.25, 0.3) is 0 Å². The molecule has 0 amide bonds. The topological polar surface area (TPSA) is 3.24 Å². The third-order valence-corrected chi connectivity index (χ3v) is 15.2. The summed E-state index contributed by atoms with van der Waals surface area (Å²) < 4.78 is 0. The van der Waals surface area contributed by atoms with E-state index in [4.69, 9.17) is 0 Å². The first kappa shape index (κ1) is 40.7. The Kier molecular flexibility index (Phi) is 9.49. The third kappa shape index (κ3) is 6.31. The van der Waals surface area contributed by atoms with E-state index in [1.807, 2.05) is 0 Å². The number of nitrogens with zero attached hydrogens (tertiary/aromatic N) is 1. The molecule has 0 unspecified atom stereocenters. The Bertz CT molecular complexity index is 3700. The molecule has 11 aromatic rings. The molecule has 11 aromatic carbocycles. The van der Waals surface area contributed by atoms with Crippen LogP contribution in [0.3, 0.4) is 0 Å². The third-order valence-electron chi connectivity index (χ3n) is 15.2. The van der Waals surface area contributed by atoms with Gasteiger partial charge in [0.15, 0.2) is 0 Å². The maximum Gasteiger partial charge on any atom is 0.0713 e. The molecule has 326 valence electrons. The molecule has 0 N–H and O–H groups in total. The summed E-state index contributed by atoms with van der Waals surface area (Å²) in [5.41, 5.74) is 23.1. The average Bonchev–Trinajstić information content (AvgIpc) is 3.85. The fraction of sp³-hybridized carbons (Fsp3) is 0.0588. The van der Waals surface area contributed by atoms with Crippen molar-refractivity contribution in [2.24, 2.45) is 0 Å². The Balaban J connectivity index is 0.990. The van der Waals surface area contributed by atoms with Gasteiger partial charge in [-0.15, -0.1) is 0 Å². The zero-order valence-corrected chi connectivity index (χ0v) is 38.8. The molecule has 2 aliphatic rings. The molecule has 0 aromatic heterocycles. The summed E-state index contributed by atoms with van der Waals surface area (Å²) in [7, 11) is 0. The van der Waals surface area contributed by atoms with Crippen LogP contribution in [-0.2, 0) is 10.8 Å². The van der Waals surface area contributed by atoms with Crippen molar-refractivity contribution >= 4 is 27.8 Å². The van der Waals surface area contributed by atoms with Crippen molar-refractivity contribution in [3.8, 4) is 55.6 Å². The van der Waals surface area contributed by atoms with E-state index in [9.17, 15) is 0 Å². The van der Waals surface area contributed by atoms with E-state index in [1.54, 1.807) is 0 Å². The second-order valence-electron chi connectivity index (χ2n) is 19.2. The van der Waals surface area contributed by atoms with Crippen LogP contribution in [-0.4, -0.2) is 0 Å². The van der Waals surface area contributed by atoms with Gasteiger partial charge >= 0.3 is 0 Å². The monoisotopic (exact) mass is 879 g/mol. The molecule has 0 heterocycles. The number of hydrogen-bond acceptors (Lipinski definition) is 1. The molecule has 13 rings (SSSR count). The quantitative estimate of drug-likeness (QED) is 0.147. The molecule has 1 heteroatoms. The molecule has 0 fully saturated rings. The zero-order chi connectivity index (χ0) is 46.1. The highest BCUT2D eigenvalue weighted by Crippen LogP contribution is 2.58. The van der Waals surface area contributed by atoms with Crippen LogP contribution in [0.1, 0.15) is 47.2 Å². The molecule has 0 saturated carbocycles. The maximum absolute atomic E-state index is 2.47. The van der Waals surface area contributed by atoms with Crippen LogP contribution in [0.15, 0.2) is 261 Å². The van der Waals surface area contributed by atoms with Crippen LogP contribution >= 0.6 is 0 Å². The summed E-state index contributed by atoms with van der Waals surface area (Å²) >= 11 is 0. The summed E-state index contributed by atoms with van der Waals surface area (Å²) in [4.78, 5) is 2.47. The highest BCUT2D eigenvalue weighted by molar-refractivity contribution is 6.06. The summed E-state index contributed by atoms with van der Waals surface area (Å²) in [5.74, 6) is 0. The first-order chi connectivity index (χ1) is 34.0. The standard InChI is InChI=1S/C68H49N/c1-67(2)60-33-16-14-30-57(60)59-45-50(38-42-61(59)67)49-23-18-28-54(44-49)69(64-43-39-46-20-12-13-29-55(46)65(64)48-21-6-3-7-22-48)53-40-36-47(37-41-53)56-32-19-35-63-66(56)58-31-15-17-34-62(58)68(63,51-24-8-4-9-25-51)52-26-10-5-11-27-52/h3-45H,1-2H3. The van der Waals surface area contributed by atoms with Crippen molar-refractivity contribution in [2.75, 3.05) is 4.90 Å². The van der Waals surface area contributed by atoms with Gasteiger partial charge in [0.1, 0.15) is 0 Å². The lowest BCUT2D eigenvalue weighted by molar-refractivity contribution is 0.660. The predicted octanol–water partition coefficient (Wildman–Crippen LogP) is 18.0. The number of hydrogen-bond donors (Lipinski definition) is 0. The highest BCUT2D eigenvalue weighted by Gasteiger charge is 2.46. The van der Waals surface area contributed by atoms with E-state index >= 15 is 0 Å². The Hall–Kier alpha value is -8.52. The molecule has 0 spiro atoms. The zero-order valence-electron chi connectivity index (χ0n) is 38.8. The second kappa shape index (κ2) is 16.1. The fourth-order valence-corrected chi connectivity index (χ4v) is 12.0. The van der Waals surface area contributed by atoms with Crippen LogP contribution in [0.2, 0.25) is 0 Å². The Morgan fingerprint density at radius 3 is 1.61 bits per heavy atom. The van der Waals surface area contributed by atoms with Gasteiger partial charge in [-0.2, -0.15) is 0 Å². The molecule has 0 radical (unpaired) electrons. The van der Waals surface area contributed by atoms with Crippen molar-refractivity contribution in [1.29, 1.82) is 0 Å². The lowest BCUT2D eigenvalue weighted by Gasteiger charge is -2.34. The molecule has 69 heavy (non-hydrogen) atoms. The lowest BCUT2D eigenvalue weighted by atomic mass is 9.67. The Morgan fingerprint density at radius 2 is 0.855 bits per heavy atom. The van der Waals surface area contributed by atoms with Crippen LogP contribution in [0.5, 0.6) is 0 Å². The van der Waals surface area contributed by atoms with Gasteiger partial charge in [0.05, 0.1) is 11.1 Å². The first-order valence-corrected chi connectivity index (χ1v) is 24.2. The van der Waals surface area contributed by atoms with Crippen molar-refractivity contribution in [3.05, 3.63) is 294 Å². The SMILES string of the molecule is CC1(C)c2ccccc2-c2cc(-c3cccc(N(c4ccc(-c5cccc6c5-c5ccccc5C6(c5ccccc5)c5ccccc5)cc4)c4ccc5ccccc5c4-c4ccccc4)c3)ccc21. The summed E-state index contributed by atoms with van der Waals surface area (Å²) in [5, 5.41) is 2.43. The molecule has 2 aliphatic carbocycles. The minimum atomic E-state index is -0.464. The van der Waals surface area contributed by atoms with Gasteiger partial charge in [-0.1, -0.05) is 238 Å². The first-order valence-electron chi connectivity index (χ1n) is 24.2. The van der Waals surface area contributed by atoms with Crippen molar-refractivity contribution in [2.45, 2.75) is 24.7 Å². The van der Waals surface area contributed by atoms with E-state index < -0.39 is 5.41 Å². The van der Waals surface area contributed by atoms with Gasteiger partial charge < -0.3 is 4.90 Å². The molecule has 1 nitrogen and oxygen atoms in total. The van der Waals surface area contributed by atoms with Crippen molar-refractivity contribution in [3.63, 3.8) is 0 Å². The van der Waals surface area contributed by atoms with Gasteiger partial charge in [-0.25, -0.2) is 0 Å². The molecule has 0 bridgehead atoms. The van der Waals surface area contributed by atoms with Gasteiger partial charge in [-0.3, -0.25) is 0 Å². The van der Waals surface area contributed by atoms with E-state index in [0.29, 0.717) is 0 Å². The Labute approximate surface area is 405 Å². The summed E-state index contributed by atoms with van der Waals surface area (Å²) in [6, 6.07) is 96.8. The van der Waals surface area contributed by atoms with E-state index in [1.165, 1.54) is 99.8 Å². The number of anilines is 3. The minimum Gasteiger partial charge on any atom is -0.310 e. The summed E-state index contributed by atoms with van der Waals surface area (Å²) in [6.07, 6.45) is 0. The minimum absolute atomic E-state index is 0.0463. The molecular weight excluding hydrogens is 831 g/mol. The Morgan fingerprint density at radius 1 is 0.304 bits per heavy atom. The van der Waals surface area contributed by atoms with Crippen LogP contribution < -0.4 is 4.90 Å². The molecular formula is C68H49N. The number of rotatable bonds is 8. The van der Waals surface area contributed by atoms with Gasteiger partial charge in [0, 0.05) is 22.4 Å². The smallest absolute Gasteiger partial charge is 0.0713 e. The normalized spacial score (nSPS) is 13.6. The van der Waals surface area contributed by atoms with Crippen molar-refractivity contribution < 1.29 is 0 Å². The summed E-state index contributed by atoms with van der Waals surface area (Å²) in [6.45, 7) is 4.70. The molecule has 0 aliphatic heterocycles. The fourth-order valence-electron chi connectivity index (χ4n) is 12.0. The predicted molar refractivity (Wildman–Crippen MR) is 290 cm³/mol. The number of benzene rings is 11. The highest BCUT2D eigenvalue weighted by atomic mass is 15.1. The second-order valence-corrected chi connectivity index (χ2v) is 19.2. The van der Waals surface area contributed by atoms with E-state index in [0.717, 1.165) is 17.1 Å². The van der Waals surface area contributed by atoms with Gasteiger partial charge in [-0.05, 0) is 131 Å². The van der Waals surface area contributed by atoms with Gasteiger partial charge in [0.2, 0.25) is 0 Å².